The Balaban J connectivity index is 1.93. The Labute approximate surface area is 140 Å². The molecule has 1 unspecified atom stereocenters. The van der Waals surface area contributed by atoms with Crippen LogP contribution in [0.2, 0.25) is 0 Å². The number of hydrogen-bond acceptors (Lipinski definition) is 5. The number of aromatic amines is 1. The quantitative estimate of drug-likeness (QED) is 0.874. The van der Waals surface area contributed by atoms with E-state index in [4.69, 9.17) is 9.26 Å². The van der Waals surface area contributed by atoms with Crippen molar-refractivity contribution in [3.8, 4) is 0 Å². The maximum atomic E-state index is 13.0. The number of carbonyl (C=O) groups is 2. The van der Waals surface area contributed by atoms with Crippen LogP contribution in [-0.4, -0.2) is 40.6 Å². The molecule has 1 N–H and O–H groups in total. The normalized spacial score (nSPS) is 17.3. The third-order valence-electron chi connectivity index (χ3n) is 4.54. The van der Waals surface area contributed by atoms with Crippen LogP contribution in [0.1, 0.15) is 62.4 Å². The van der Waals surface area contributed by atoms with Crippen LogP contribution < -0.4 is 0 Å². The van der Waals surface area contributed by atoms with Gasteiger partial charge >= 0.3 is 5.97 Å². The van der Waals surface area contributed by atoms with Gasteiger partial charge in [-0.25, -0.2) is 4.79 Å². The van der Waals surface area contributed by atoms with E-state index in [2.05, 4.69) is 10.1 Å². The molecule has 1 fully saturated rings. The fourth-order valence-electron chi connectivity index (χ4n) is 3.38. The van der Waals surface area contributed by atoms with Crippen molar-refractivity contribution in [2.75, 3.05) is 13.7 Å². The number of H-pyrrole nitrogens is 1. The van der Waals surface area contributed by atoms with Gasteiger partial charge < -0.3 is 19.1 Å². The lowest BCUT2D eigenvalue weighted by atomic mass is 10.1. The van der Waals surface area contributed by atoms with Crippen LogP contribution in [0.15, 0.2) is 10.6 Å². The molecule has 0 aliphatic carbocycles. The van der Waals surface area contributed by atoms with E-state index in [1.54, 1.807) is 18.7 Å². The molecule has 1 aliphatic rings. The Bertz CT molecular complexity index is 790. The first-order valence-electron chi connectivity index (χ1n) is 7.95. The molecule has 0 spiro atoms. The largest absolute Gasteiger partial charge is 0.465 e. The average Bonchev–Trinajstić information content (AvgIpc) is 3.25. The highest BCUT2D eigenvalue weighted by molar-refractivity contribution is 6.00. The molecule has 7 nitrogen and oxygen atoms in total. The minimum Gasteiger partial charge on any atom is -0.465 e. The molecule has 2 aromatic rings. The van der Waals surface area contributed by atoms with Crippen molar-refractivity contribution in [3.63, 3.8) is 0 Å². The Kier molecular flexibility index (Phi) is 4.17. The Morgan fingerprint density at radius 1 is 1.38 bits per heavy atom. The Hall–Kier alpha value is -2.57. The third-order valence-corrected chi connectivity index (χ3v) is 4.54. The number of rotatable bonds is 3. The number of likely N-dealkylation sites (tertiary alicyclic amines) is 1. The van der Waals surface area contributed by atoms with Gasteiger partial charge in [0.05, 0.1) is 18.7 Å². The first kappa shape index (κ1) is 16.3. The second-order valence-corrected chi connectivity index (χ2v) is 6.14. The standard InChI is InChI=1S/C17H21N3O4/c1-9-8-12(19-24-9)13-6-5-7-20(13)16(21)15-10(2)14(11(3)18-15)17(22)23-4/h8,13,18H,5-7H2,1-4H3. The van der Waals surface area contributed by atoms with Gasteiger partial charge in [-0.05, 0) is 39.2 Å². The van der Waals surface area contributed by atoms with Gasteiger partial charge in [0.25, 0.3) is 5.91 Å². The summed E-state index contributed by atoms with van der Waals surface area (Å²) < 4.78 is 9.95. The molecule has 1 saturated heterocycles. The molecular formula is C17H21N3O4. The minimum absolute atomic E-state index is 0.0977. The van der Waals surface area contributed by atoms with Crippen LogP contribution in [0, 0.1) is 20.8 Å². The summed E-state index contributed by atoms with van der Waals surface area (Å²) in [5.41, 5.74) is 2.88. The maximum absolute atomic E-state index is 13.0. The summed E-state index contributed by atoms with van der Waals surface area (Å²) in [6.07, 6.45) is 1.76. The number of carbonyl (C=O) groups excluding carboxylic acids is 2. The molecule has 7 heteroatoms. The number of aryl methyl sites for hydroxylation is 2. The van der Waals surface area contributed by atoms with Gasteiger partial charge in [0.15, 0.2) is 0 Å². The monoisotopic (exact) mass is 331 g/mol. The van der Waals surface area contributed by atoms with Crippen molar-refractivity contribution >= 4 is 11.9 Å². The van der Waals surface area contributed by atoms with Gasteiger partial charge in [0, 0.05) is 18.3 Å². The lowest BCUT2D eigenvalue weighted by Crippen LogP contribution is -2.31. The first-order valence-corrected chi connectivity index (χ1v) is 7.95. The van der Waals surface area contributed by atoms with Gasteiger partial charge in [0.1, 0.15) is 17.1 Å². The number of ether oxygens (including phenoxy) is 1. The molecule has 1 aliphatic heterocycles. The number of nitrogens with one attached hydrogen (secondary N) is 1. The second kappa shape index (κ2) is 6.14. The van der Waals surface area contributed by atoms with E-state index in [9.17, 15) is 9.59 Å². The summed E-state index contributed by atoms with van der Waals surface area (Å²) in [7, 11) is 1.33. The number of nitrogens with zero attached hydrogens (tertiary/aromatic N) is 2. The van der Waals surface area contributed by atoms with E-state index in [0.717, 1.165) is 24.3 Å². The van der Waals surface area contributed by atoms with Crippen molar-refractivity contribution in [3.05, 3.63) is 40.0 Å². The van der Waals surface area contributed by atoms with Crippen LogP contribution in [0.4, 0.5) is 0 Å². The SMILES string of the molecule is COC(=O)c1c(C)[nH]c(C(=O)N2CCCC2c2cc(C)on2)c1C. The van der Waals surface area contributed by atoms with Gasteiger partial charge in [-0.1, -0.05) is 5.16 Å². The van der Waals surface area contributed by atoms with Crippen LogP contribution >= 0.6 is 0 Å². The summed E-state index contributed by atoms with van der Waals surface area (Å²) >= 11 is 0. The number of methoxy groups -OCH3 is 1. The first-order chi connectivity index (χ1) is 11.4. The van der Waals surface area contributed by atoms with Gasteiger partial charge in [-0.2, -0.15) is 0 Å². The maximum Gasteiger partial charge on any atom is 0.339 e. The molecule has 1 atom stereocenters. The van der Waals surface area contributed by atoms with Crippen LogP contribution in [0.3, 0.4) is 0 Å². The Morgan fingerprint density at radius 2 is 2.12 bits per heavy atom. The predicted octanol–water partition coefficient (Wildman–Crippen LogP) is 2.69. The summed E-state index contributed by atoms with van der Waals surface area (Å²) in [5.74, 6) is 0.156. The van der Waals surface area contributed by atoms with Crippen molar-refractivity contribution in [2.45, 2.75) is 39.7 Å². The van der Waals surface area contributed by atoms with E-state index in [0.29, 0.717) is 29.1 Å². The molecule has 0 saturated carbocycles. The van der Waals surface area contributed by atoms with Crippen molar-refractivity contribution in [1.29, 1.82) is 0 Å². The molecule has 128 valence electrons. The topological polar surface area (TPSA) is 88.4 Å². The van der Waals surface area contributed by atoms with Crippen LogP contribution in [0.25, 0.3) is 0 Å². The number of amides is 1. The molecule has 2 aromatic heterocycles. The summed E-state index contributed by atoms with van der Waals surface area (Å²) in [4.78, 5) is 29.8. The highest BCUT2D eigenvalue weighted by atomic mass is 16.5. The second-order valence-electron chi connectivity index (χ2n) is 6.14. The highest BCUT2D eigenvalue weighted by Gasteiger charge is 2.35. The lowest BCUT2D eigenvalue weighted by molar-refractivity contribution is 0.0599. The fraction of sp³-hybridized carbons (Fsp3) is 0.471. The van der Waals surface area contributed by atoms with Gasteiger partial charge in [-0.3, -0.25) is 4.79 Å². The van der Waals surface area contributed by atoms with Gasteiger partial charge in [-0.15, -0.1) is 0 Å². The highest BCUT2D eigenvalue weighted by Crippen LogP contribution is 2.33. The van der Waals surface area contributed by atoms with E-state index in [-0.39, 0.29) is 11.9 Å². The molecular weight excluding hydrogens is 310 g/mol. The molecule has 0 bridgehead atoms. The zero-order chi connectivity index (χ0) is 17.4. The predicted molar refractivity (Wildman–Crippen MR) is 85.9 cm³/mol. The van der Waals surface area contributed by atoms with Crippen molar-refractivity contribution in [2.24, 2.45) is 0 Å². The molecule has 24 heavy (non-hydrogen) atoms. The molecule has 1 amide bonds. The third kappa shape index (κ3) is 2.60. The zero-order valence-electron chi connectivity index (χ0n) is 14.3. The van der Waals surface area contributed by atoms with Crippen molar-refractivity contribution < 1.29 is 18.8 Å². The van der Waals surface area contributed by atoms with Gasteiger partial charge in [0.2, 0.25) is 0 Å². The summed E-state index contributed by atoms with van der Waals surface area (Å²) in [5, 5.41) is 4.06. The van der Waals surface area contributed by atoms with E-state index >= 15 is 0 Å². The summed E-state index contributed by atoms with van der Waals surface area (Å²) in [6, 6.07) is 1.77. The van der Waals surface area contributed by atoms with E-state index in [1.807, 2.05) is 13.0 Å². The van der Waals surface area contributed by atoms with Crippen molar-refractivity contribution in [1.82, 2.24) is 15.0 Å². The van der Waals surface area contributed by atoms with E-state index in [1.165, 1.54) is 7.11 Å². The Morgan fingerprint density at radius 3 is 2.75 bits per heavy atom. The fourth-order valence-corrected chi connectivity index (χ4v) is 3.38. The zero-order valence-corrected chi connectivity index (χ0v) is 14.3. The molecule has 0 radical (unpaired) electrons. The van der Waals surface area contributed by atoms with E-state index < -0.39 is 5.97 Å². The summed E-state index contributed by atoms with van der Waals surface area (Å²) in [6.45, 7) is 6.01. The average molecular weight is 331 g/mol. The minimum atomic E-state index is -0.439. The van der Waals surface area contributed by atoms with Crippen LogP contribution in [0.5, 0.6) is 0 Å². The number of hydrogen-bond donors (Lipinski definition) is 1. The molecule has 3 heterocycles. The lowest BCUT2D eigenvalue weighted by Gasteiger charge is -2.22. The molecule has 3 rings (SSSR count). The number of aromatic nitrogens is 2. The smallest absolute Gasteiger partial charge is 0.339 e. The molecule has 0 aromatic carbocycles. The van der Waals surface area contributed by atoms with Crippen LogP contribution in [-0.2, 0) is 4.74 Å². The number of esters is 1.